The Hall–Kier alpha value is -2.22. The van der Waals surface area contributed by atoms with Gasteiger partial charge in [-0.2, -0.15) is 4.98 Å². The number of benzene rings is 2. The van der Waals surface area contributed by atoms with Crippen LogP contribution < -0.4 is 10.1 Å². The van der Waals surface area contributed by atoms with Gasteiger partial charge in [0.1, 0.15) is 5.75 Å². The highest BCUT2D eigenvalue weighted by molar-refractivity contribution is 9.10. The van der Waals surface area contributed by atoms with Crippen molar-refractivity contribution in [2.45, 2.75) is 38.8 Å². The van der Waals surface area contributed by atoms with E-state index in [4.69, 9.17) is 14.4 Å². The van der Waals surface area contributed by atoms with E-state index in [1.165, 1.54) is 11.1 Å². The first-order valence-corrected chi connectivity index (χ1v) is 10.6. The highest BCUT2D eigenvalue weighted by Gasteiger charge is 2.26. The number of nitrogens with one attached hydrogen (secondary N) is 1. The lowest BCUT2D eigenvalue weighted by Crippen LogP contribution is -2.22. The fourth-order valence-corrected chi connectivity index (χ4v) is 4.22. The predicted octanol–water partition coefficient (Wildman–Crippen LogP) is 4.52. The molecular weight excluding hydrogens is 434 g/mol. The Labute approximate surface area is 178 Å². The van der Waals surface area contributed by atoms with Gasteiger partial charge in [0.2, 0.25) is 5.82 Å². The third kappa shape index (κ3) is 4.22. The third-order valence-corrected chi connectivity index (χ3v) is 5.60. The minimum absolute atomic E-state index is 0.100. The third-order valence-electron chi connectivity index (χ3n) is 4.98. The molecule has 0 aliphatic heterocycles. The molecule has 0 radical (unpaired) electrons. The molecule has 1 heterocycles. The standard InChI is InChI=1S/C22H24BrN3O3/c1-13(2)28-20-9-6-14(12-18(20)23)22-25-21(26-29-22)17-5-3-4-16-15(17)7-8-19(16)24-10-11-27/h3-6,9,12-13,19,24,27H,7-8,10-11H2,1-2H3/t19-/m1/s1. The molecule has 152 valence electrons. The summed E-state index contributed by atoms with van der Waals surface area (Å²) in [5.41, 5.74) is 4.34. The molecule has 1 aromatic heterocycles. The second-order valence-corrected chi connectivity index (χ2v) is 8.23. The minimum atomic E-state index is 0.100. The molecule has 1 aliphatic carbocycles. The van der Waals surface area contributed by atoms with E-state index in [0.29, 0.717) is 18.3 Å². The molecule has 0 bridgehead atoms. The highest BCUT2D eigenvalue weighted by Crippen LogP contribution is 2.37. The molecule has 1 aliphatic rings. The number of halogens is 1. The van der Waals surface area contributed by atoms with E-state index in [9.17, 15) is 0 Å². The summed E-state index contributed by atoms with van der Waals surface area (Å²) in [5, 5.41) is 16.7. The molecule has 29 heavy (non-hydrogen) atoms. The van der Waals surface area contributed by atoms with Crippen LogP contribution in [0.3, 0.4) is 0 Å². The van der Waals surface area contributed by atoms with Crippen LogP contribution in [0, 0.1) is 0 Å². The van der Waals surface area contributed by atoms with Crippen molar-refractivity contribution in [3.05, 3.63) is 52.0 Å². The summed E-state index contributed by atoms with van der Waals surface area (Å²) < 4.78 is 12.2. The summed E-state index contributed by atoms with van der Waals surface area (Å²) >= 11 is 3.55. The van der Waals surface area contributed by atoms with Crippen LogP contribution in [0.5, 0.6) is 5.75 Å². The van der Waals surface area contributed by atoms with E-state index in [2.05, 4.69) is 37.5 Å². The quantitative estimate of drug-likeness (QED) is 0.542. The molecule has 7 heteroatoms. The molecule has 2 aromatic carbocycles. The van der Waals surface area contributed by atoms with Crippen LogP contribution in [0.2, 0.25) is 0 Å². The van der Waals surface area contributed by atoms with Crippen molar-refractivity contribution in [1.29, 1.82) is 0 Å². The molecule has 0 unspecified atom stereocenters. The molecular formula is C22H24BrN3O3. The van der Waals surface area contributed by atoms with Crippen LogP contribution in [-0.2, 0) is 6.42 Å². The van der Waals surface area contributed by atoms with Crippen LogP contribution in [0.4, 0.5) is 0 Å². The Balaban J connectivity index is 1.61. The summed E-state index contributed by atoms with van der Waals surface area (Å²) in [7, 11) is 0. The zero-order valence-corrected chi connectivity index (χ0v) is 18.1. The maximum absolute atomic E-state index is 9.09. The second-order valence-electron chi connectivity index (χ2n) is 7.38. The lowest BCUT2D eigenvalue weighted by atomic mass is 10.0. The number of aliphatic hydroxyl groups is 1. The first-order chi connectivity index (χ1) is 14.1. The molecule has 6 nitrogen and oxygen atoms in total. The van der Waals surface area contributed by atoms with E-state index in [0.717, 1.165) is 34.2 Å². The van der Waals surface area contributed by atoms with E-state index in [-0.39, 0.29) is 18.8 Å². The number of hydrogen-bond donors (Lipinski definition) is 2. The van der Waals surface area contributed by atoms with Gasteiger partial charge < -0.3 is 19.7 Å². The van der Waals surface area contributed by atoms with Gasteiger partial charge in [0, 0.05) is 23.7 Å². The summed E-state index contributed by atoms with van der Waals surface area (Å²) in [4.78, 5) is 4.65. The Morgan fingerprint density at radius 1 is 1.31 bits per heavy atom. The molecule has 0 amide bonds. The Bertz CT molecular complexity index is 1000. The number of nitrogens with zero attached hydrogens (tertiary/aromatic N) is 2. The summed E-state index contributed by atoms with van der Waals surface area (Å²) in [5.74, 6) is 1.85. The first kappa shape index (κ1) is 20.1. The smallest absolute Gasteiger partial charge is 0.258 e. The van der Waals surface area contributed by atoms with Gasteiger partial charge in [0.05, 0.1) is 17.2 Å². The fraction of sp³-hybridized carbons (Fsp3) is 0.364. The zero-order chi connectivity index (χ0) is 20.4. The van der Waals surface area contributed by atoms with Gasteiger partial charge in [0.15, 0.2) is 0 Å². The number of aromatic nitrogens is 2. The molecule has 0 saturated heterocycles. The highest BCUT2D eigenvalue weighted by atomic mass is 79.9. The van der Waals surface area contributed by atoms with Crippen LogP contribution >= 0.6 is 15.9 Å². The number of hydrogen-bond acceptors (Lipinski definition) is 6. The number of ether oxygens (including phenoxy) is 1. The largest absolute Gasteiger partial charge is 0.490 e. The van der Waals surface area contributed by atoms with E-state index < -0.39 is 0 Å². The van der Waals surface area contributed by atoms with E-state index in [1.54, 1.807) is 0 Å². The lowest BCUT2D eigenvalue weighted by Gasteiger charge is -2.13. The number of aliphatic hydroxyl groups excluding tert-OH is 1. The van der Waals surface area contributed by atoms with Crippen molar-refractivity contribution in [2.24, 2.45) is 0 Å². The van der Waals surface area contributed by atoms with Crippen molar-refractivity contribution in [3.8, 4) is 28.6 Å². The Morgan fingerprint density at radius 2 is 2.17 bits per heavy atom. The molecule has 3 aromatic rings. The molecule has 2 N–H and O–H groups in total. The normalized spacial score (nSPS) is 15.7. The van der Waals surface area contributed by atoms with E-state index in [1.807, 2.05) is 44.2 Å². The summed E-state index contributed by atoms with van der Waals surface area (Å²) in [6.45, 7) is 4.71. The van der Waals surface area contributed by atoms with Crippen molar-refractivity contribution in [3.63, 3.8) is 0 Å². The zero-order valence-electron chi connectivity index (χ0n) is 16.5. The van der Waals surface area contributed by atoms with Gasteiger partial charge in [-0.25, -0.2) is 0 Å². The summed E-state index contributed by atoms with van der Waals surface area (Å²) in [6.07, 6.45) is 2.05. The van der Waals surface area contributed by atoms with Gasteiger partial charge in [-0.3, -0.25) is 0 Å². The Kier molecular flexibility index (Phi) is 5.99. The molecule has 4 rings (SSSR count). The molecule has 0 spiro atoms. The van der Waals surface area contributed by atoms with Crippen LogP contribution in [-0.4, -0.2) is 34.5 Å². The Morgan fingerprint density at radius 3 is 2.93 bits per heavy atom. The number of rotatable bonds is 7. The van der Waals surface area contributed by atoms with Gasteiger partial charge in [0.25, 0.3) is 5.89 Å². The van der Waals surface area contributed by atoms with Crippen molar-refractivity contribution in [1.82, 2.24) is 15.5 Å². The van der Waals surface area contributed by atoms with Crippen LogP contribution in [0.25, 0.3) is 22.8 Å². The van der Waals surface area contributed by atoms with Crippen LogP contribution in [0.15, 0.2) is 45.4 Å². The first-order valence-electron chi connectivity index (χ1n) is 9.83. The number of fused-ring (bicyclic) bond motifs is 1. The monoisotopic (exact) mass is 457 g/mol. The fourth-order valence-electron chi connectivity index (χ4n) is 3.75. The van der Waals surface area contributed by atoms with Gasteiger partial charge in [-0.05, 0) is 71.9 Å². The van der Waals surface area contributed by atoms with Crippen molar-refractivity contribution in [2.75, 3.05) is 13.2 Å². The van der Waals surface area contributed by atoms with Gasteiger partial charge in [-0.1, -0.05) is 23.4 Å². The SMILES string of the molecule is CC(C)Oc1ccc(-c2nc(-c3cccc4c3CC[C@H]4NCCO)no2)cc1Br. The summed E-state index contributed by atoms with van der Waals surface area (Å²) in [6, 6.07) is 12.2. The van der Waals surface area contributed by atoms with Gasteiger partial charge >= 0.3 is 0 Å². The molecule has 0 saturated carbocycles. The van der Waals surface area contributed by atoms with Crippen molar-refractivity contribution >= 4 is 15.9 Å². The maximum atomic E-state index is 9.09. The topological polar surface area (TPSA) is 80.4 Å². The molecule has 1 atom stereocenters. The van der Waals surface area contributed by atoms with E-state index >= 15 is 0 Å². The van der Waals surface area contributed by atoms with Crippen molar-refractivity contribution < 1.29 is 14.4 Å². The average Bonchev–Trinajstić information content (AvgIpc) is 3.35. The molecule has 0 fully saturated rings. The van der Waals surface area contributed by atoms with Gasteiger partial charge in [-0.15, -0.1) is 0 Å². The minimum Gasteiger partial charge on any atom is -0.490 e. The predicted molar refractivity (Wildman–Crippen MR) is 115 cm³/mol. The second kappa shape index (κ2) is 8.65. The maximum Gasteiger partial charge on any atom is 0.258 e. The van der Waals surface area contributed by atoms with Crippen LogP contribution in [0.1, 0.15) is 37.4 Å². The average molecular weight is 458 g/mol. The lowest BCUT2D eigenvalue weighted by molar-refractivity contribution is 0.241.